The van der Waals surface area contributed by atoms with E-state index in [1.807, 2.05) is 71.6 Å². The Morgan fingerprint density at radius 3 is 1.96 bits per heavy atom. The zero-order valence-corrected chi connectivity index (χ0v) is 14.6. The molecule has 2 nitrogen and oxygen atoms in total. The lowest BCUT2D eigenvalue weighted by atomic mass is 9.92. The number of nitrogens with zero attached hydrogens (tertiary/aromatic N) is 1. The standard InChI is InChI=1S/C22H19NOS/c24-22-21(25-16-17-10-4-1-5-11-17)20(18-12-6-2-7-13-18)23(22)19-14-8-3-9-15-19/h1-15,20-21H,16H2/t20-,21-/m1/s1. The molecular weight excluding hydrogens is 326 g/mol. The van der Waals surface area contributed by atoms with Crippen molar-refractivity contribution in [1.82, 2.24) is 0 Å². The van der Waals surface area contributed by atoms with Crippen LogP contribution in [0, 0.1) is 0 Å². The molecule has 1 amide bonds. The maximum Gasteiger partial charge on any atom is 0.243 e. The molecular formula is C22H19NOS. The third-order valence-corrected chi connectivity index (χ3v) is 5.81. The number of benzene rings is 3. The van der Waals surface area contributed by atoms with Crippen LogP contribution in [-0.2, 0) is 10.5 Å². The van der Waals surface area contributed by atoms with Crippen molar-refractivity contribution in [3.8, 4) is 0 Å². The number of β-lactam (4-membered cyclic amide) rings is 1. The van der Waals surface area contributed by atoms with Gasteiger partial charge >= 0.3 is 0 Å². The first kappa shape index (κ1) is 16.0. The molecule has 0 bridgehead atoms. The molecule has 3 aromatic rings. The van der Waals surface area contributed by atoms with Crippen molar-refractivity contribution in [3.63, 3.8) is 0 Å². The highest BCUT2D eigenvalue weighted by atomic mass is 32.2. The Morgan fingerprint density at radius 1 is 0.760 bits per heavy atom. The van der Waals surface area contributed by atoms with Crippen LogP contribution in [0.1, 0.15) is 17.2 Å². The van der Waals surface area contributed by atoms with Crippen LogP contribution < -0.4 is 4.90 Å². The molecule has 1 heterocycles. The second kappa shape index (κ2) is 7.16. The summed E-state index contributed by atoms with van der Waals surface area (Å²) in [5.74, 6) is 1.05. The van der Waals surface area contributed by atoms with Crippen molar-refractivity contribution < 1.29 is 4.79 Å². The molecule has 4 rings (SSSR count). The van der Waals surface area contributed by atoms with Crippen LogP contribution in [0.3, 0.4) is 0 Å². The summed E-state index contributed by atoms with van der Waals surface area (Å²) < 4.78 is 0. The van der Waals surface area contributed by atoms with Gasteiger partial charge in [-0.15, -0.1) is 11.8 Å². The first-order valence-corrected chi connectivity index (χ1v) is 9.48. The molecule has 1 fully saturated rings. The van der Waals surface area contributed by atoms with Gasteiger partial charge in [0, 0.05) is 11.4 Å². The highest BCUT2D eigenvalue weighted by Gasteiger charge is 2.48. The van der Waals surface area contributed by atoms with E-state index in [2.05, 4.69) is 24.3 Å². The number of para-hydroxylation sites is 1. The molecule has 0 N–H and O–H groups in total. The van der Waals surface area contributed by atoms with Gasteiger partial charge in [-0.25, -0.2) is 0 Å². The molecule has 0 unspecified atom stereocenters. The Kier molecular flexibility index (Phi) is 4.57. The lowest BCUT2D eigenvalue weighted by molar-refractivity contribution is -0.123. The number of carbonyl (C=O) groups excluding carboxylic acids is 1. The molecule has 3 aromatic carbocycles. The predicted octanol–water partition coefficient (Wildman–Crippen LogP) is 5.08. The first-order valence-electron chi connectivity index (χ1n) is 8.43. The van der Waals surface area contributed by atoms with Gasteiger partial charge < -0.3 is 4.90 Å². The monoisotopic (exact) mass is 345 g/mol. The van der Waals surface area contributed by atoms with E-state index >= 15 is 0 Å². The van der Waals surface area contributed by atoms with E-state index in [4.69, 9.17) is 0 Å². The molecule has 0 saturated carbocycles. The van der Waals surface area contributed by atoms with Crippen molar-refractivity contribution in [3.05, 3.63) is 102 Å². The Bertz CT molecular complexity index is 836. The summed E-state index contributed by atoms with van der Waals surface area (Å²) in [4.78, 5) is 14.8. The van der Waals surface area contributed by atoms with Gasteiger partial charge in [-0.1, -0.05) is 78.9 Å². The van der Waals surface area contributed by atoms with Gasteiger partial charge in [0.2, 0.25) is 5.91 Å². The fourth-order valence-electron chi connectivity index (χ4n) is 3.24. The number of hydrogen-bond acceptors (Lipinski definition) is 2. The average molecular weight is 345 g/mol. The Balaban J connectivity index is 1.59. The van der Waals surface area contributed by atoms with Crippen molar-refractivity contribution in [2.24, 2.45) is 0 Å². The normalized spacial score (nSPS) is 19.5. The lowest BCUT2D eigenvalue weighted by Gasteiger charge is -2.47. The third-order valence-electron chi connectivity index (χ3n) is 4.49. The van der Waals surface area contributed by atoms with Crippen molar-refractivity contribution in [2.75, 3.05) is 4.90 Å². The summed E-state index contributed by atoms with van der Waals surface area (Å²) >= 11 is 1.73. The van der Waals surface area contributed by atoms with Crippen LogP contribution in [0.15, 0.2) is 91.0 Å². The number of carbonyl (C=O) groups is 1. The number of amides is 1. The van der Waals surface area contributed by atoms with Gasteiger partial charge in [-0.3, -0.25) is 4.79 Å². The summed E-state index contributed by atoms with van der Waals surface area (Å²) in [5, 5.41) is -0.0391. The number of thioether (sulfide) groups is 1. The Morgan fingerprint density at radius 2 is 1.32 bits per heavy atom. The van der Waals surface area contributed by atoms with E-state index in [9.17, 15) is 4.79 Å². The van der Waals surface area contributed by atoms with Gasteiger partial charge in [-0.2, -0.15) is 0 Å². The van der Waals surface area contributed by atoms with E-state index in [1.165, 1.54) is 11.1 Å². The van der Waals surface area contributed by atoms with Crippen LogP contribution in [0.5, 0.6) is 0 Å². The largest absolute Gasteiger partial charge is 0.302 e. The minimum Gasteiger partial charge on any atom is -0.302 e. The molecule has 25 heavy (non-hydrogen) atoms. The minimum absolute atomic E-state index is 0.0391. The second-order valence-corrected chi connectivity index (χ2v) is 7.25. The van der Waals surface area contributed by atoms with E-state index in [0.717, 1.165) is 11.4 Å². The van der Waals surface area contributed by atoms with Crippen LogP contribution in [0.2, 0.25) is 0 Å². The number of hydrogen-bond donors (Lipinski definition) is 0. The van der Waals surface area contributed by atoms with Crippen molar-refractivity contribution in [2.45, 2.75) is 17.0 Å². The predicted molar refractivity (Wildman–Crippen MR) is 105 cm³/mol. The van der Waals surface area contributed by atoms with E-state index < -0.39 is 0 Å². The third kappa shape index (κ3) is 3.20. The van der Waals surface area contributed by atoms with Gasteiger partial charge in [0.25, 0.3) is 0 Å². The molecule has 1 aliphatic heterocycles. The van der Waals surface area contributed by atoms with Gasteiger partial charge in [0.05, 0.1) is 6.04 Å². The van der Waals surface area contributed by atoms with Crippen molar-refractivity contribution in [1.29, 1.82) is 0 Å². The smallest absolute Gasteiger partial charge is 0.243 e. The van der Waals surface area contributed by atoms with E-state index in [1.54, 1.807) is 11.8 Å². The molecule has 0 aromatic heterocycles. The Labute approximate surface area is 152 Å². The molecule has 3 heteroatoms. The second-order valence-electron chi connectivity index (χ2n) is 6.12. The highest BCUT2D eigenvalue weighted by molar-refractivity contribution is 8.00. The molecule has 2 atom stereocenters. The van der Waals surface area contributed by atoms with Crippen LogP contribution in [-0.4, -0.2) is 11.2 Å². The molecule has 0 spiro atoms. The van der Waals surface area contributed by atoms with E-state index in [-0.39, 0.29) is 17.2 Å². The van der Waals surface area contributed by atoms with E-state index in [0.29, 0.717) is 0 Å². The van der Waals surface area contributed by atoms with Gasteiger partial charge in [0.15, 0.2) is 0 Å². The minimum atomic E-state index is -0.0391. The highest BCUT2D eigenvalue weighted by Crippen LogP contribution is 2.45. The topological polar surface area (TPSA) is 20.3 Å². The fraction of sp³-hybridized carbons (Fsp3) is 0.136. The molecule has 0 aliphatic carbocycles. The number of rotatable bonds is 5. The maximum atomic E-state index is 12.9. The lowest BCUT2D eigenvalue weighted by Crippen LogP contribution is -2.57. The summed E-state index contributed by atoms with van der Waals surface area (Å²) in [5.41, 5.74) is 3.42. The summed E-state index contributed by atoms with van der Waals surface area (Å²) in [7, 11) is 0. The molecule has 0 radical (unpaired) electrons. The summed E-state index contributed by atoms with van der Waals surface area (Å²) in [6.45, 7) is 0. The zero-order valence-electron chi connectivity index (χ0n) is 13.8. The van der Waals surface area contributed by atoms with Gasteiger partial charge in [0.1, 0.15) is 5.25 Å². The quantitative estimate of drug-likeness (QED) is 0.601. The maximum absolute atomic E-state index is 12.9. The fourth-order valence-corrected chi connectivity index (χ4v) is 4.52. The molecule has 1 aliphatic rings. The summed E-state index contributed by atoms with van der Waals surface area (Å²) in [6, 6.07) is 30.7. The average Bonchev–Trinajstić information content (AvgIpc) is 2.68. The van der Waals surface area contributed by atoms with Crippen LogP contribution >= 0.6 is 11.8 Å². The van der Waals surface area contributed by atoms with Crippen molar-refractivity contribution >= 4 is 23.4 Å². The molecule has 124 valence electrons. The first-order chi connectivity index (χ1) is 12.3. The molecule has 1 saturated heterocycles. The van der Waals surface area contributed by atoms with Gasteiger partial charge in [-0.05, 0) is 23.3 Å². The SMILES string of the molecule is O=C1[C@H](SCc2ccccc2)[C@@H](c2ccccc2)N1c1ccccc1. The zero-order chi connectivity index (χ0) is 17.1. The van der Waals surface area contributed by atoms with Crippen LogP contribution in [0.4, 0.5) is 5.69 Å². The number of anilines is 1. The summed E-state index contributed by atoms with van der Waals surface area (Å²) in [6.07, 6.45) is 0. The van der Waals surface area contributed by atoms with Crippen LogP contribution in [0.25, 0.3) is 0 Å². The Hall–Kier alpha value is -2.52.